The Labute approximate surface area is 136 Å². The smallest absolute Gasteiger partial charge is 0.307 e. The van der Waals surface area contributed by atoms with E-state index in [0.29, 0.717) is 6.07 Å². The van der Waals surface area contributed by atoms with E-state index in [0.717, 1.165) is 13.0 Å². The van der Waals surface area contributed by atoms with Crippen molar-refractivity contribution in [1.29, 1.82) is 0 Å². The zero-order chi connectivity index (χ0) is 17.9. The lowest BCUT2D eigenvalue weighted by atomic mass is 9.82. The zero-order valence-corrected chi connectivity index (χ0v) is 12.8. The summed E-state index contributed by atoms with van der Waals surface area (Å²) in [7, 11) is 0. The summed E-state index contributed by atoms with van der Waals surface area (Å²) in [6.45, 7) is 1.16. The molecule has 2 atom stereocenters. The summed E-state index contributed by atoms with van der Waals surface area (Å²) in [5.74, 6) is -6.11. The van der Waals surface area contributed by atoms with E-state index in [9.17, 15) is 28.3 Å². The second-order valence-corrected chi connectivity index (χ2v) is 5.48. The molecule has 8 heteroatoms. The number of benzene rings is 1. The summed E-state index contributed by atoms with van der Waals surface area (Å²) in [6.07, 6.45) is 3.78. The minimum absolute atomic E-state index is 0.205. The molecule has 2 rings (SSSR count). The SMILES string of the molecule is CC(=O)Nc1cc(NC(=O)[C@@H]2CC=CC[C@@H]2C(=O)O)c(F)cc1F. The Morgan fingerprint density at radius 2 is 1.54 bits per heavy atom. The molecule has 24 heavy (non-hydrogen) atoms. The maximum absolute atomic E-state index is 13.9. The lowest BCUT2D eigenvalue weighted by Crippen LogP contribution is -2.35. The summed E-state index contributed by atoms with van der Waals surface area (Å²) < 4.78 is 27.4. The minimum Gasteiger partial charge on any atom is -0.481 e. The van der Waals surface area contributed by atoms with Crippen LogP contribution in [0.1, 0.15) is 19.8 Å². The van der Waals surface area contributed by atoms with Gasteiger partial charge in [-0.2, -0.15) is 0 Å². The van der Waals surface area contributed by atoms with Crippen LogP contribution in [0, 0.1) is 23.5 Å². The van der Waals surface area contributed by atoms with Crippen LogP contribution in [-0.2, 0) is 14.4 Å². The lowest BCUT2D eigenvalue weighted by molar-refractivity contribution is -0.146. The Kier molecular flexibility index (Phi) is 5.28. The van der Waals surface area contributed by atoms with Crippen LogP contribution in [0.2, 0.25) is 0 Å². The van der Waals surface area contributed by atoms with E-state index in [-0.39, 0.29) is 24.2 Å². The third kappa shape index (κ3) is 3.95. The number of aliphatic carboxylic acids is 1. The van der Waals surface area contributed by atoms with Crippen LogP contribution in [-0.4, -0.2) is 22.9 Å². The van der Waals surface area contributed by atoms with Crippen LogP contribution in [0.15, 0.2) is 24.3 Å². The number of carboxylic acid groups (broad SMARTS) is 1. The number of anilines is 2. The summed E-state index contributed by atoms with van der Waals surface area (Å²) in [5, 5.41) is 13.6. The molecule has 2 amide bonds. The Bertz CT molecular complexity index is 718. The van der Waals surface area contributed by atoms with E-state index in [1.165, 1.54) is 0 Å². The fourth-order valence-electron chi connectivity index (χ4n) is 2.53. The van der Waals surface area contributed by atoms with Crippen molar-refractivity contribution in [3.8, 4) is 0 Å². The average Bonchev–Trinajstić information content (AvgIpc) is 2.51. The molecule has 6 nitrogen and oxygen atoms in total. The molecule has 128 valence electrons. The van der Waals surface area contributed by atoms with Crippen LogP contribution < -0.4 is 10.6 Å². The molecule has 0 aromatic heterocycles. The van der Waals surface area contributed by atoms with Crippen molar-refractivity contribution >= 4 is 29.2 Å². The molecule has 0 saturated heterocycles. The third-order valence-corrected chi connectivity index (χ3v) is 3.71. The number of amides is 2. The highest BCUT2D eigenvalue weighted by atomic mass is 19.1. The molecule has 1 aromatic rings. The molecule has 0 bridgehead atoms. The fourth-order valence-corrected chi connectivity index (χ4v) is 2.53. The van der Waals surface area contributed by atoms with Crippen LogP contribution in [0.5, 0.6) is 0 Å². The van der Waals surface area contributed by atoms with E-state index in [1.807, 2.05) is 0 Å². The molecule has 0 unspecified atom stereocenters. The highest BCUT2D eigenvalue weighted by molar-refractivity contribution is 5.96. The highest BCUT2D eigenvalue weighted by Crippen LogP contribution is 2.29. The van der Waals surface area contributed by atoms with Crippen molar-refractivity contribution in [3.05, 3.63) is 35.9 Å². The van der Waals surface area contributed by atoms with Crippen LogP contribution in [0.3, 0.4) is 0 Å². The Hall–Kier alpha value is -2.77. The van der Waals surface area contributed by atoms with Crippen LogP contribution in [0.25, 0.3) is 0 Å². The van der Waals surface area contributed by atoms with Gasteiger partial charge in [-0.15, -0.1) is 0 Å². The second kappa shape index (κ2) is 7.20. The van der Waals surface area contributed by atoms with Crippen molar-refractivity contribution < 1.29 is 28.3 Å². The first kappa shape index (κ1) is 17.6. The summed E-state index contributed by atoms with van der Waals surface area (Å²) in [5.41, 5.74) is -0.610. The topological polar surface area (TPSA) is 95.5 Å². The van der Waals surface area contributed by atoms with Gasteiger partial charge < -0.3 is 15.7 Å². The van der Waals surface area contributed by atoms with Gasteiger partial charge in [0.15, 0.2) is 0 Å². The zero-order valence-electron chi connectivity index (χ0n) is 12.8. The van der Waals surface area contributed by atoms with Gasteiger partial charge in [0.05, 0.1) is 23.2 Å². The van der Waals surface area contributed by atoms with E-state index >= 15 is 0 Å². The fraction of sp³-hybridized carbons (Fsp3) is 0.312. The molecule has 0 heterocycles. The Balaban J connectivity index is 2.23. The monoisotopic (exact) mass is 338 g/mol. The first-order valence-electron chi connectivity index (χ1n) is 7.25. The van der Waals surface area contributed by atoms with Crippen molar-refractivity contribution in [2.75, 3.05) is 10.6 Å². The van der Waals surface area contributed by atoms with Crippen LogP contribution >= 0.6 is 0 Å². The largest absolute Gasteiger partial charge is 0.481 e. The van der Waals surface area contributed by atoms with Gasteiger partial charge in [-0.3, -0.25) is 14.4 Å². The maximum Gasteiger partial charge on any atom is 0.307 e. The number of hydrogen-bond donors (Lipinski definition) is 3. The molecule has 0 aliphatic heterocycles. The molecular formula is C16H16F2N2O4. The number of nitrogens with one attached hydrogen (secondary N) is 2. The molecular weight excluding hydrogens is 322 g/mol. The average molecular weight is 338 g/mol. The summed E-state index contributed by atoms with van der Waals surface area (Å²) in [4.78, 5) is 34.5. The molecule has 0 radical (unpaired) electrons. The van der Waals surface area contributed by atoms with E-state index in [4.69, 9.17) is 0 Å². The number of carboxylic acids is 1. The number of allylic oxidation sites excluding steroid dienone is 2. The van der Waals surface area contributed by atoms with Gasteiger partial charge in [-0.1, -0.05) is 12.2 Å². The van der Waals surface area contributed by atoms with E-state index in [1.54, 1.807) is 12.2 Å². The Morgan fingerprint density at radius 1 is 1.00 bits per heavy atom. The number of carbonyl (C=O) groups is 3. The quantitative estimate of drug-likeness (QED) is 0.735. The molecule has 3 N–H and O–H groups in total. The molecule has 1 aliphatic carbocycles. The van der Waals surface area contributed by atoms with Crippen molar-refractivity contribution in [2.24, 2.45) is 11.8 Å². The standard InChI is InChI=1S/C16H16F2N2O4/c1-8(21)19-13-7-14(12(18)6-11(13)17)20-15(22)9-4-2-3-5-10(9)16(23)24/h2-3,6-7,9-10H,4-5H2,1H3,(H,19,21)(H,20,22)(H,23,24)/t9-,10+/m1/s1. The van der Waals surface area contributed by atoms with Crippen molar-refractivity contribution in [2.45, 2.75) is 19.8 Å². The van der Waals surface area contributed by atoms with Gasteiger partial charge in [0.25, 0.3) is 0 Å². The van der Waals surface area contributed by atoms with Gasteiger partial charge in [0.1, 0.15) is 11.6 Å². The van der Waals surface area contributed by atoms with Crippen molar-refractivity contribution in [1.82, 2.24) is 0 Å². The van der Waals surface area contributed by atoms with Gasteiger partial charge in [0, 0.05) is 13.0 Å². The number of carbonyl (C=O) groups excluding carboxylic acids is 2. The number of halogens is 2. The van der Waals surface area contributed by atoms with Gasteiger partial charge >= 0.3 is 5.97 Å². The van der Waals surface area contributed by atoms with E-state index < -0.39 is 41.3 Å². The molecule has 1 aromatic carbocycles. The third-order valence-electron chi connectivity index (χ3n) is 3.71. The predicted molar refractivity (Wildman–Crippen MR) is 82.3 cm³/mol. The molecule has 0 saturated carbocycles. The maximum atomic E-state index is 13.9. The summed E-state index contributed by atoms with van der Waals surface area (Å²) in [6, 6.07) is 1.49. The number of rotatable bonds is 4. The predicted octanol–water partition coefficient (Wildman–Crippen LogP) is 2.53. The first-order chi connectivity index (χ1) is 11.3. The summed E-state index contributed by atoms with van der Waals surface area (Å²) >= 11 is 0. The minimum atomic E-state index is -1.11. The van der Waals surface area contributed by atoms with Gasteiger partial charge in [-0.25, -0.2) is 8.78 Å². The number of hydrogen-bond acceptors (Lipinski definition) is 3. The normalized spacial score (nSPS) is 19.6. The molecule has 1 aliphatic rings. The van der Waals surface area contributed by atoms with Crippen molar-refractivity contribution in [3.63, 3.8) is 0 Å². The van der Waals surface area contributed by atoms with Crippen LogP contribution in [0.4, 0.5) is 20.2 Å². The molecule has 0 spiro atoms. The second-order valence-electron chi connectivity index (χ2n) is 5.48. The lowest BCUT2D eigenvalue weighted by Gasteiger charge is -2.24. The first-order valence-corrected chi connectivity index (χ1v) is 7.25. The van der Waals surface area contributed by atoms with Gasteiger partial charge in [0.2, 0.25) is 11.8 Å². The Morgan fingerprint density at radius 3 is 2.08 bits per heavy atom. The van der Waals surface area contributed by atoms with E-state index in [2.05, 4.69) is 10.6 Å². The molecule has 0 fully saturated rings. The van der Waals surface area contributed by atoms with Gasteiger partial charge in [-0.05, 0) is 18.9 Å². The highest BCUT2D eigenvalue weighted by Gasteiger charge is 2.34.